The van der Waals surface area contributed by atoms with Crippen molar-refractivity contribution >= 4 is 0 Å². The van der Waals surface area contributed by atoms with E-state index in [4.69, 9.17) is 4.74 Å². The SMILES string of the molecule is CCCCc1ccc(Oc2cccc(F)c2CO)cc1. The molecule has 0 unspecified atom stereocenters. The van der Waals surface area contributed by atoms with Crippen molar-refractivity contribution in [3.63, 3.8) is 0 Å². The first-order chi connectivity index (χ1) is 9.74. The van der Waals surface area contributed by atoms with Gasteiger partial charge in [0.15, 0.2) is 0 Å². The predicted octanol–water partition coefficient (Wildman–Crippen LogP) is 4.45. The Kier molecular flexibility index (Phi) is 5.13. The predicted molar refractivity (Wildman–Crippen MR) is 77.5 cm³/mol. The lowest BCUT2D eigenvalue weighted by Crippen LogP contribution is -1.95. The molecule has 2 aromatic rings. The van der Waals surface area contributed by atoms with Crippen LogP contribution in [0, 0.1) is 5.82 Å². The Hall–Kier alpha value is -1.87. The van der Waals surface area contributed by atoms with E-state index in [1.807, 2.05) is 24.3 Å². The summed E-state index contributed by atoms with van der Waals surface area (Å²) in [6.07, 6.45) is 3.39. The highest BCUT2D eigenvalue weighted by Crippen LogP contribution is 2.27. The van der Waals surface area contributed by atoms with E-state index >= 15 is 0 Å². The lowest BCUT2D eigenvalue weighted by Gasteiger charge is -2.10. The number of hydrogen-bond donors (Lipinski definition) is 1. The minimum absolute atomic E-state index is 0.183. The minimum atomic E-state index is -0.454. The third kappa shape index (κ3) is 3.58. The molecule has 0 aliphatic rings. The highest BCUT2D eigenvalue weighted by molar-refractivity contribution is 5.39. The Morgan fingerprint density at radius 1 is 1.10 bits per heavy atom. The number of aryl methyl sites for hydroxylation is 1. The first kappa shape index (κ1) is 14.5. The molecule has 0 bridgehead atoms. The van der Waals surface area contributed by atoms with Crippen LogP contribution in [-0.2, 0) is 13.0 Å². The van der Waals surface area contributed by atoms with E-state index in [9.17, 15) is 9.50 Å². The monoisotopic (exact) mass is 274 g/mol. The van der Waals surface area contributed by atoms with Gasteiger partial charge in [-0.05, 0) is 42.7 Å². The average Bonchev–Trinajstić information content (AvgIpc) is 2.47. The van der Waals surface area contributed by atoms with Crippen molar-refractivity contribution in [3.05, 3.63) is 59.4 Å². The highest BCUT2D eigenvalue weighted by Gasteiger charge is 2.09. The number of halogens is 1. The standard InChI is InChI=1S/C17H19FO2/c1-2-3-5-13-8-10-14(11-9-13)20-17-7-4-6-16(18)15(17)12-19/h4,6-11,19H,2-3,5,12H2,1H3. The van der Waals surface area contributed by atoms with Crippen molar-refractivity contribution < 1.29 is 14.2 Å². The van der Waals surface area contributed by atoms with Gasteiger partial charge in [0.1, 0.15) is 17.3 Å². The molecule has 0 saturated carbocycles. The summed E-state index contributed by atoms with van der Waals surface area (Å²) in [6, 6.07) is 12.3. The summed E-state index contributed by atoms with van der Waals surface area (Å²) < 4.78 is 19.2. The van der Waals surface area contributed by atoms with Gasteiger partial charge in [-0.2, -0.15) is 0 Å². The number of ether oxygens (including phenoxy) is 1. The Labute approximate surface area is 118 Å². The van der Waals surface area contributed by atoms with Crippen molar-refractivity contribution in [1.82, 2.24) is 0 Å². The van der Waals surface area contributed by atoms with E-state index in [0.717, 1.165) is 6.42 Å². The summed E-state index contributed by atoms with van der Waals surface area (Å²) in [5.41, 5.74) is 1.45. The van der Waals surface area contributed by atoms with E-state index in [1.54, 1.807) is 12.1 Å². The number of aliphatic hydroxyl groups is 1. The van der Waals surface area contributed by atoms with Crippen LogP contribution in [0.25, 0.3) is 0 Å². The lowest BCUT2D eigenvalue weighted by molar-refractivity contribution is 0.270. The Morgan fingerprint density at radius 3 is 2.50 bits per heavy atom. The van der Waals surface area contributed by atoms with Crippen LogP contribution in [0.2, 0.25) is 0 Å². The van der Waals surface area contributed by atoms with Crippen molar-refractivity contribution in [1.29, 1.82) is 0 Å². The van der Waals surface area contributed by atoms with Crippen molar-refractivity contribution in [3.8, 4) is 11.5 Å². The summed E-state index contributed by atoms with van der Waals surface area (Å²) in [5.74, 6) is 0.545. The summed E-state index contributed by atoms with van der Waals surface area (Å²) >= 11 is 0. The maximum absolute atomic E-state index is 13.5. The highest BCUT2D eigenvalue weighted by atomic mass is 19.1. The molecule has 0 aliphatic carbocycles. The molecule has 0 saturated heterocycles. The van der Waals surface area contributed by atoms with Gasteiger partial charge in [0.25, 0.3) is 0 Å². The number of aliphatic hydroxyl groups excluding tert-OH is 1. The fourth-order valence-electron chi connectivity index (χ4n) is 2.02. The number of unbranched alkanes of at least 4 members (excludes halogenated alkanes) is 1. The van der Waals surface area contributed by atoms with E-state index in [1.165, 1.54) is 24.5 Å². The second-order valence-electron chi connectivity index (χ2n) is 4.72. The second-order valence-corrected chi connectivity index (χ2v) is 4.72. The first-order valence-electron chi connectivity index (χ1n) is 6.89. The van der Waals surface area contributed by atoms with Crippen molar-refractivity contribution in [2.24, 2.45) is 0 Å². The molecule has 0 atom stereocenters. The maximum Gasteiger partial charge on any atom is 0.135 e. The lowest BCUT2D eigenvalue weighted by atomic mass is 10.1. The van der Waals surface area contributed by atoms with Gasteiger partial charge in [-0.15, -0.1) is 0 Å². The molecule has 2 nitrogen and oxygen atoms in total. The van der Waals surface area contributed by atoms with E-state index < -0.39 is 5.82 Å². The minimum Gasteiger partial charge on any atom is -0.457 e. The molecular formula is C17H19FO2. The molecule has 0 heterocycles. The normalized spacial score (nSPS) is 10.6. The molecule has 0 spiro atoms. The smallest absolute Gasteiger partial charge is 0.135 e. The van der Waals surface area contributed by atoms with Gasteiger partial charge in [-0.3, -0.25) is 0 Å². The van der Waals surface area contributed by atoms with Gasteiger partial charge in [0.2, 0.25) is 0 Å². The van der Waals surface area contributed by atoms with Crippen molar-refractivity contribution in [2.75, 3.05) is 0 Å². The van der Waals surface area contributed by atoms with Gasteiger partial charge < -0.3 is 9.84 Å². The molecule has 0 fully saturated rings. The molecule has 0 radical (unpaired) electrons. The van der Waals surface area contributed by atoms with Gasteiger partial charge in [0.05, 0.1) is 12.2 Å². The van der Waals surface area contributed by atoms with Crippen molar-refractivity contribution in [2.45, 2.75) is 32.8 Å². The van der Waals surface area contributed by atoms with E-state index in [-0.39, 0.29) is 12.2 Å². The first-order valence-corrected chi connectivity index (χ1v) is 6.89. The van der Waals surface area contributed by atoms with Gasteiger partial charge in [-0.25, -0.2) is 4.39 Å². The largest absolute Gasteiger partial charge is 0.457 e. The number of rotatable bonds is 6. The molecule has 0 aliphatic heterocycles. The molecule has 0 amide bonds. The van der Waals surface area contributed by atoms with Crippen LogP contribution in [0.5, 0.6) is 11.5 Å². The van der Waals surface area contributed by atoms with E-state index in [0.29, 0.717) is 11.5 Å². The molecule has 106 valence electrons. The topological polar surface area (TPSA) is 29.5 Å². The molecule has 20 heavy (non-hydrogen) atoms. The van der Waals surface area contributed by atoms with Gasteiger partial charge in [0, 0.05) is 0 Å². The summed E-state index contributed by atoms with van der Waals surface area (Å²) in [5, 5.41) is 9.20. The second kappa shape index (κ2) is 7.06. The van der Waals surface area contributed by atoms with Gasteiger partial charge in [-0.1, -0.05) is 31.5 Å². The van der Waals surface area contributed by atoms with E-state index in [2.05, 4.69) is 6.92 Å². The summed E-state index contributed by atoms with van der Waals surface area (Å²) in [6.45, 7) is 1.79. The fraction of sp³-hybridized carbons (Fsp3) is 0.294. The zero-order valence-electron chi connectivity index (χ0n) is 11.6. The molecule has 0 aromatic heterocycles. The van der Waals surface area contributed by atoms with Crippen LogP contribution in [0.15, 0.2) is 42.5 Å². The summed E-state index contributed by atoms with van der Waals surface area (Å²) in [7, 11) is 0. The van der Waals surface area contributed by atoms with Crippen LogP contribution in [0.3, 0.4) is 0 Å². The van der Waals surface area contributed by atoms with Gasteiger partial charge >= 0.3 is 0 Å². The Bertz CT molecular complexity index is 549. The maximum atomic E-state index is 13.5. The molecule has 2 aromatic carbocycles. The quantitative estimate of drug-likeness (QED) is 0.843. The van der Waals surface area contributed by atoms with Crippen LogP contribution in [0.1, 0.15) is 30.9 Å². The fourth-order valence-corrected chi connectivity index (χ4v) is 2.02. The molecular weight excluding hydrogens is 255 g/mol. The van der Waals surface area contributed by atoms with Crippen LogP contribution in [0.4, 0.5) is 4.39 Å². The molecule has 1 N–H and O–H groups in total. The number of benzene rings is 2. The third-order valence-corrected chi connectivity index (χ3v) is 3.20. The average molecular weight is 274 g/mol. The zero-order chi connectivity index (χ0) is 14.4. The zero-order valence-corrected chi connectivity index (χ0v) is 11.6. The van der Waals surface area contributed by atoms with Crippen LogP contribution < -0.4 is 4.74 Å². The third-order valence-electron chi connectivity index (χ3n) is 3.20. The Morgan fingerprint density at radius 2 is 1.85 bits per heavy atom. The number of hydrogen-bond acceptors (Lipinski definition) is 2. The van der Waals surface area contributed by atoms with Crippen LogP contribution in [-0.4, -0.2) is 5.11 Å². The Balaban J connectivity index is 2.12. The molecule has 3 heteroatoms. The molecule has 2 rings (SSSR count). The van der Waals surface area contributed by atoms with Crippen LogP contribution >= 0.6 is 0 Å². The summed E-state index contributed by atoms with van der Waals surface area (Å²) in [4.78, 5) is 0.